The average molecular weight is 282 g/mol. The Bertz CT molecular complexity index is 496. The van der Waals surface area contributed by atoms with Gasteiger partial charge in [-0.3, -0.25) is 9.97 Å². The summed E-state index contributed by atoms with van der Waals surface area (Å²) in [5.74, 6) is 0. The highest BCUT2D eigenvalue weighted by atomic mass is 28.3. The molecule has 0 radical (unpaired) electrons. The van der Waals surface area contributed by atoms with Gasteiger partial charge in [-0.15, -0.1) is 0 Å². The van der Waals surface area contributed by atoms with Gasteiger partial charge in [-0.1, -0.05) is 50.8 Å². The number of pyridine rings is 2. The summed E-state index contributed by atoms with van der Waals surface area (Å²) in [6.07, 6.45) is 14.8. The average Bonchev–Trinajstić information content (AvgIpc) is 2.56. The Kier molecular flexibility index (Phi) is 3.97. The highest BCUT2D eigenvalue weighted by Gasteiger charge is 2.40. The zero-order valence-corrected chi connectivity index (χ0v) is 13.1. The van der Waals surface area contributed by atoms with E-state index in [4.69, 9.17) is 0 Å². The van der Waals surface area contributed by atoms with E-state index in [2.05, 4.69) is 53.2 Å². The van der Waals surface area contributed by atoms with Gasteiger partial charge in [-0.05, 0) is 28.0 Å². The van der Waals surface area contributed by atoms with Crippen LogP contribution >= 0.6 is 0 Å². The van der Waals surface area contributed by atoms with Crippen molar-refractivity contribution in [3.8, 4) is 0 Å². The predicted molar refractivity (Wildman–Crippen MR) is 86.2 cm³/mol. The Labute approximate surface area is 122 Å². The molecule has 0 unspecified atom stereocenters. The topological polar surface area (TPSA) is 25.8 Å². The van der Waals surface area contributed by atoms with Gasteiger partial charge in [0.25, 0.3) is 0 Å². The minimum atomic E-state index is -1.73. The predicted octanol–water partition coefficient (Wildman–Crippen LogP) is 3.00. The minimum absolute atomic E-state index is 0.824. The lowest BCUT2D eigenvalue weighted by Crippen LogP contribution is -2.59. The molecule has 20 heavy (non-hydrogen) atoms. The summed E-state index contributed by atoms with van der Waals surface area (Å²) in [5.41, 5.74) is 0.824. The third kappa shape index (κ3) is 2.42. The van der Waals surface area contributed by atoms with Crippen LogP contribution in [0, 0.1) is 0 Å². The second-order valence-corrected chi connectivity index (χ2v) is 10.4. The third-order valence-corrected chi connectivity index (χ3v) is 10.1. The van der Waals surface area contributed by atoms with Crippen molar-refractivity contribution in [2.24, 2.45) is 0 Å². The van der Waals surface area contributed by atoms with Gasteiger partial charge in [0.1, 0.15) is 8.07 Å². The molecule has 104 valence electrons. The Hall–Kier alpha value is -1.48. The van der Waals surface area contributed by atoms with E-state index in [1.54, 1.807) is 0 Å². The molecule has 1 fully saturated rings. The number of aromatic nitrogens is 2. The van der Waals surface area contributed by atoms with Crippen LogP contribution in [0.3, 0.4) is 0 Å². The summed E-state index contributed by atoms with van der Waals surface area (Å²) in [5, 5.41) is 2.92. The highest BCUT2D eigenvalue weighted by molar-refractivity contribution is 7.02. The maximum Gasteiger partial charge on any atom is 0.122 e. The molecular formula is C17H22N2Si. The first-order chi connectivity index (χ1) is 9.82. The zero-order valence-electron chi connectivity index (χ0n) is 12.1. The van der Waals surface area contributed by atoms with E-state index in [0.717, 1.165) is 5.54 Å². The van der Waals surface area contributed by atoms with Crippen molar-refractivity contribution in [2.45, 2.75) is 44.2 Å². The maximum atomic E-state index is 4.39. The second kappa shape index (κ2) is 5.88. The molecule has 1 aliphatic rings. The molecule has 0 amide bonds. The van der Waals surface area contributed by atoms with Crippen LogP contribution in [-0.4, -0.2) is 18.0 Å². The summed E-state index contributed by atoms with van der Waals surface area (Å²) in [4.78, 5) is 8.77. The molecule has 3 heteroatoms. The third-order valence-electron chi connectivity index (χ3n) is 4.94. The number of hydrogen-bond donors (Lipinski definition) is 0. The van der Waals surface area contributed by atoms with Crippen LogP contribution < -0.4 is 10.4 Å². The van der Waals surface area contributed by atoms with Crippen molar-refractivity contribution in [2.75, 3.05) is 0 Å². The molecular weight excluding hydrogens is 260 g/mol. The van der Waals surface area contributed by atoms with Gasteiger partial charge in [0, 0.05) is 24.8 Å². The lowest BCUT2D eigenvalue weighted by atomic mass is 10.0. The van der Waals surface area contributed by atoms with E-state index < -0.39 is 8.07 Å². The molecule has 1 aliphatic carbocycles. The molecule has 0 bridgehead atoms. The van der Waals surface area contributed by atoms with Crippen LogP contribution in [0.4, 0.5) is 0 Å². The van der Waals surface area contributed by atoms with Crippen LogP contribution in [0.2, 0.25) is 12.1 Å². The maximum absolute atomic E-state index is 4.39. The van der Waals surface area contributed by atoms with Gasteiger partial charge in [0.05, 0.1) is 0 Å². The summed E-state index contributed by atoms with van der Waals surface area (Å²) in [6.45, 7) is 2.51. The first kappa shape index (κ1) is 13.5. The summed E-state index contributed by atoms with van der Waals surface area (Å²) in [7, 11) is -1.73. The first-order valence-electron chi connectivity index (χ1n) is 7.63. The summed E-state index contributed by atoms with van der Waals surface area (Å²) >= 11 is 0. The quantitative estimate of drug-likeness (QED) is 0.809. The van der Waals surface area contributed by atoms with Gasteiger partial charge in [0.2, 0.25) is 0 Å². The summed E-state index contributed by atoms with van der Waals surface area (Å²) < 4.78 is 0. The molecule has 0 aliphatic heterocycles. The van der Waals surface area contributed by atoms with E-state index in [1.165, 1.54) is 42.5 Å². The van der Waals surface area contributed by atoms with Crippen LogP contribution in [0.15, 0.2) is 49.1 Å². The molecule has 2 heterocycles. The Morgan fingerprint density at radius 1 is 0.900 bits per heavy atom. The van der Waals surface area contributed by atoms with Gasteiger partial charge in [0.15, 0.2) is 0 Å². The fraction of sp³-hybridized carbons (Fsp3) is 0.412. The molecule has 0 saturated heterocycles. The monoisotopic (exact) mass is 282 g/mol. The van der Waals surface area contributed by atoms with Crippen LogP contribution in [0.25, 0.3) is 0 Å². The van der Waals surface area contributed by atoms with Crippen LogP contribution in [-0.2, 0) is 0 Å². The van der Waals surface area contributed by atoms with Crippen molar-refractivity contribution in [3.05, 3.63) is 49.1 Å². The zero-order chi connectivity index (χ0) is 13.8. The fourth-order valence-electron chi connectivity index (χ4n) is 3.66. The standard InChI is InChI=1S/C17H22N2Si/c1-20(15-7-3-2-4-8-15,16-9-5-11-18-13-16)17-10-6-12-19-14-17/h5-6,9-15H,2-4,7-8H2,1H3. The normalized spacial score (nSPS) is 17.1. The first-order valence-corrected chi connectivity index (χ1v) is 10.2. The van der Waals surface area contributed by atoms with E-state index in [1.807, 2.05) is 12.4 Å². The van der Waals surface area contributed by atoms with Crippen LogP contribution in [0.5, 0.6) is 0 Å². The van der Waals surface area contributed by atoms with Gasteiger partial charge < -0.3 is 0 Å². The lowest BCUT2D eigenvalue weighted by Gasteiger charge is -2.38. The molecule has 2 aromatic rings. The molecule has 1 saturated carbocycles. The second-order valence-electron chi connectivity index (χ2n) is 6.02. The number of nitrogens with zero attached hydrogens (tertiary/aromatic N) is 2. The van der Waals surface area contributed by atoms with Crippen LogP contribution in [0.1, 0.15) is 32.1 Å². The largest absolute Gasteiger partial charge is 0.265 e. The highest BCUT2D eigenvalue weighted by Crippen LogP contribution is 2.36. The van der Waals surface area contributed by atoms with E-state index >= 15 is 0 Å². The smallest absolute Gasteiger partial charge is 0.122 e. The molecule has 2 nitrogen and oxygen atoms in total. The van der Waals surface area contributed by atoms with Crippen molar-refractivity contribution in [1.29, 1.82) is 0 Å². The fourth-order valence-corrected chi connectivity index (χ4v) is 8.07. The van der Waals surface area contributed by atoms with Gasteiger partial charge >= 0.3 is 0 Å². The molecule has 2 aromatic heterocycles. The van der Waals surface area contributed by atoms with Gasteiger partial charge in [-0.25, -0.2) is 0 Å². The number of hydrogen-bond acceptors (Lipinski definition) is 2. The van der Waals surface area contributed by atoms with Crippen molar-refractivity contribution < 1.29 is 0 Å². The van der Waals surface area contributed by atoms with Crippen molar-refractivity contribution in [3.63, 3.8) is 0 Å². The molecule has 3 rings (SSSR count). The lowest BCUT2D eigenvalue weighted by molar-refractivity contribution is 0.495. The molecule has 0 aromatic carbocycles. The van der Waals surface area contributed by atoms with Crippen molar-refractivity contribution in [1.82, 2.24) is 9.97 Å². The molecule has 0 atom stereocenters. The van der Waals surface area contributed by atoms with E-state index in [9.17, 15) is 0 Å². The molecule has 0 N–H and O–H groups in total. The number of rotatable bonds is 3. The Morgan fingerprint density at radius 2 is 1.45 bits per heavy atom. The van der Waals surface area contributed by atoms with E-state index in [0.29, 0.717) is 0 Å². The Morgan fingerprint density at radius 3 is 1.90 bits per heavy atom. The van der Waals surface area contributed by atoms with Gasteiger partial charge in [-0.2, -0.15) is 0 Å². The summed E-state index contributed by atoms with van der Waals surface area (Å²) in [6, 6.07) is 8.72. The van der Waals surface area contributed by atoms with E-state index in [-0.39, 0.29) is 0 Å². The molecule has 0 spiro atoms. The van der Waals surface area contributed by atoms with Crippen molar-refractivity contribution >= 4 is 18.4 Å². The Balaban J connectivity index is 2.07. The minimum Gasteiger partial charge on any atom is -0.265 e. The SMILES string of the molecule is C[Si](c1cccnc1)(c1cccnc1)C1CCCCC1.